The van der Waals surface area contributed by atoms with Crippen molar-refractivity contribution in [2.24, 2.45) is 11.5 Å². The molecule has 0 radical (unpaired) electrons. The van der Waals surface area contributed by atoms with E-state index in [1.54, 1.807) is 0 Å². The molecule has 0 atom stereocenters. The highest BCUT2D eigenvalue weighted by atomic mass is 16.6. The van der Waals surface area contributed by atoms with Crippen LogP contribution in [0.1, 0.15) is 37.8 Å². The Morgan fingerprint density at radius 3 is 1.00 bits per heavy atom. The van der Waals surface area contributed by atoms with Crippen LogP contribution < -0.4 is 32.7 Å². The minimum Gasteiger partial charge on any atom is -0.379 e. The number of hydrogen-bond acceptors (Lipinski definition) is 22. The summed E-state index contributed by atoms with van der Waals surface area (Å²) in [5, 5.41) is 12.7. The van der Waals surface area contributed by atoms with Crippen molar-refractivity contribution in [1.29, 1.82) is 0 Å². The van der Waals surface area contributed by atoms with Crippen LogP contribution in [0, 0.1) is 0 Å². The molecular weight excluding hydrogens is 1090 g/mol. The monoisotopic (exact) mass is 1190 g/mol. The summed E-state index contributed by atoms with van der Waals surface area (Å²) < 4.78 is 89.2. The number of amides is 5. The van der Waals surface area contributed by atoms with Gasteiger partial charge in [0.15, 0.2) is 0 Å². The highest BCUT2D eigenvalue weighted by molar-refractivity contribution is 5.95. The van der Waals surface area contributed by atoms with E-state index in [1.165, 1.54) is 0 Å². The molecule has 28 heteroatoms. The minimum absolute atomic E-state index is 0.0173. The Labute approximate surface area is 488 Å². The molecule has 0 fully saturated rings. The van der Waals surface area contributed by atoms with E-state index in [9.17, 15) is 24.0 Å². The first-order valence-electron chi connectivity index (χ1n) is 28.6. The zero-order valence-electron chi connectivity index (χ0n) is 49.0. The number of fused-ring (bicyclic) bond motifs is 1. The van der Waals surface area contributed by atoms with Gasteiger partial charge in [0, 0.05) is 80.6 Å². The fraction of sp³-hybridized carbons (Fsp3) is 0.764. The number of primary amides is 2. The molecule has 8 N–H and O–H groups in total. The van der Waals surface area contributed by atoms with Crippen molar-refractivity contribution in [2.45, 2.75) is 45.2 Å². The molecule has 28 nitrogen and oxygen atoms in total. The molecular formula is C55H97N7O21. The lowest BCUT2D eigenvalue weighted by molar-refractivity contribution is -0.124. The van der Waals surface area contributed by atoms with E-state index in [2.05, 4.69) is 25.8 Å². The lowest BCUT2D eigenvalue weighted by atomic mass is 10.2. The van der Waals surface area contributed by atoms with Gasteiger partial charge in [-0.3, -0.25) is 24.0 Å². The summed E-state index contributed by atoms with van der Waals surface area (Å²) in [4.78, 5) is 59.1. The molecule has 2 rings (SSSR count). The highest BCUT2D eigenvalue weighted by Crippen LogP contribution is 2.24. The van der Waals surface area contributed by atoms with E-state index < -0.39 is 0 Å². The molecule has 0 spiro atoms. The molecule has 0 saturated heterocycles. The second kappa shape index (κ2) is 55.3. The van der Waals surface area contributed by atoms with Crippen molar-refractivity contribution < 1.29 is 99.8 Å². The number of nitrogens with two attached hydrogens (primary N) is 2. The summed E-state index contributed by atoms with van der Waals surface area (Å²) in [6.45, 7) is 15.1. The molecule has 0 aliphatic rings. The number of ether oxygens (including phenoxy) is 16. The number of nitrogens with one attached hydrogen (secondary N) is 4. The molecule has 0 saturated carbocycles. The van der Waals surface area contributed by atoms with E-state index in [-0.39, 0.29) is 61.6 Å². The molecule has 0 aliphatic heterocycles. The van der Waals surface area contributed by atoms with Gasteiger partial charge in [0.25, 0.3) is 0 Å². The second-order valence-corrected chi connectivity index (χ2v) is 17.8. The first-order valence-corrected chi connectivity index (χ1v) is 28.6. The topological polar surface area (TPSA) is 338 Å². The van der Waals surface area contributed by atoms with Gasteiger partial charge in [-0.25, -0.2) is 0 Å². The summed E-state index contributed by atoms with van der Waals surface area (Å²) >= 11 is 0. The number of benzene rings is 1. The maximum atomic E-state index is 12.8. The largest absolute Gasteiger partial charge is 0.379 e. The molecule has 83 heavy (non-hydrogen) atoms. The Morgan fingerprint density at radius 2 is 0.675 bits per heavy atom. The summed E-state index contributed by atoms with van der Waals surface area (Å²) in [5.74, 6) is -1.41. The first kappa shape index (κ1) is 74.5. The van der Waals surface area contributed by atoms with Crippen LogP contribution in [-0.2, 0) is 113 Å². The summed E-state index contributed by atoms with van der Waals surface area (Å²) in [6.07, 6.45) is 0.721. The van der Waals surface area contributed by atoms with Crippen molar-refractivity contribution in [3.63, 3.8) is 0 Å². The van der Waals surface area contributed by atoms with Gasteiger partial charge in [-0.1, -0.05) is 0 Å². The van der Waals surface area contributed by atoms with Crippen LogP contribution in [-0.4, -0.2) is 266 Å². The first-order chi connectivity index (χ1) is 40.7. The summed E-state index contributed by atoms with van der Waals surface area (Å²) in [6, 6.07) is 7.64. The predicted molar refractivity (Wildman–Crippen MR) is 304 cm³/mol. The molecule has 0 bridgehead atoms. The maximum absolute atomic E-state index is 12.8. The van der Waals surface area contributed by atoms with Gasteiger partial charge in [0.1, 0.15) is 0 Å². The quantitative estimate of drug-likeness (QED) is 0.0464. The number of rotatable bonds is 63. The zero-order chi connectivity index (χ0) is 59.7. The van der Waals surface area contributed by atoms with Crippen LogP contribution in [0.4, 0.5) is 5.69 Å². The lowest BCUT2D eigenvalue weighted by Gasteiger charge is -2.12. The number of aromatic nitrogens is 1. The van der Waals surface area contributed by atoms with Crippen molar-refractivity contribution in [1.82, 2.24) is 20.5 Å². The Kier molecular flexibility index (Phi) is 49.7. The number of nitrogens with zero attached hydrogens (tertiary/aromatic N) is 1. The number of anilines is 1. The third-order valence-corrected chi connectivity index (χ3v) is 11.1. The Bertz CT molecular complexity index is 1920. The molecule has 2 aromatic rings. The van der Waals surface area contributed by atoms with Crippen LogP contribution in [0.2, 0.25) is 0 Å². The van der Waals surface area contributed by atoms with Crippen LogP contribution in [0.25, 0.3) is 10.9 Å². The minimum atomic E-state index is -0.390. The average molecular weight is 1190 g/mol. The van der Waals surface area contributed by atoms with Gasteiger partial charge in [-0.2, -0.15) is 0 Å². The SMILES string of the molecule is CNCc1cc2cc(NC(=O)CCC(=O)NCCOCCOCCOCCOCCOCCOCCOCCOCCC(N)=O)ccc2n1CCC(=O)NCCOCCOCCOCCOCCOCCOCCOCCOCCC(N)=O. The van der Waals surface area contributed by atoms with Gasteiger partial charge >= 0.3 is 0 Å². The van der Waals surface area contributed by atoms with Gasteiger partial charge in [-0.05, 0) is 31.3 Å². The summed E-state index contributed by atoms with van der Waals surface area (Å²) in [7, 11) is 1.86. The van der Waals surface area contributed by atoms with Crippen molar-refractivity contribution in [2.75, 3.05) is 237 Å². The van der Waals surface area contributed by atoms with Gasteiger partial charge in [0.05, 0.1) is 211 Å². The maximum Gasteiger partial charge on any atom is 0.224 e. The summed E-state index contributed by atoms with van der Waals surface area (Å²) in [5.41, 5.74) is 12.6. The zero-order valence-corrected chi connectivity index (χ0v) is 49.0. The van der Waals surface area contributed by atoms with Gasteiger partial charge in [-0.15, -0.1) is 0 Å². The Hall–Kier alpha value is -4.57. The molecule has 478 valence electrons. The number of carbonyl (C=O) groups excluding carboxylic acids is 5. The van der Waals surface area contributed by atoms with Crippen LogP contribution in [0.3, 0.4) is 0 Å². The van der Waals surface area contributed by atoms with E-state index in [4.69, 9.17) is 87.3 Å². The number of hydrogen-bond donors (Lipinski definition) is 6. The third-order valence-electron chi connectivity index (χ3n) is 11.1. The Morgan fingerprint density at radius 1 is 0.373 bits per heavy atom. The number of aryl methyl sites for hydroxylation is 1. The fourth-order valence-corrected chi connectivity index (χ4v) is 6.99. The molecule has 0 aliphatic carbocycles. The normalized spacial score (nSPS) is 11.4. The van der Waals surface area contributed by atoms with Crippen molar-refractivity contribution in [3.8, 4) is 0 Å². The van der Waals surface area contributed by atoms with Crippen LogP contribution >= 0.6 is 0 Å². The molecule has 1 heterocycles. The van der Waals surface area contributed by atoms with E-state index in [0.717, 1.165) is 16.6 Å². The standard InChI is InChI=1S/C55H97N7O21/c1-58-46-49-45-47-44-48(61-55(67)5-4-53(65)59-9-14-70-18-22-74-26-30-78-34-38-82-42-40-80-36-32-76-28-24-72-20-16-68-12-7-51(56)63)2-3-50(47)62(49)11-6-54(66)60-10-15-71-19-23-75-27-31-79-35-39-83-43-41-81-37-33-77-29-25-73-21-17-69-13-8-52(57)64/h2-3,44-45,58H,4-43,46H2,1H3,(H2,56,63)(H2,57,64)(H,59,65)(H,60,66)(H,61,67). The molecule has 5 amide bonds. The molecule has 1 aromatic heterocycles. The van der Waals surface area contributed by atoms with E-state index in [0.29, 0.717) is 243 Å². The molecule has 0 unspecified atom stereocenters. The van der Waals surface area contributed by atoms with Crippen molar-refractivity contribution >= 4 is 46.1 Å². The third kappa shape index (κ3) is 46.4. The van der Waals surface area contributed by atoms with Gasteiger partial charge < -0.3 is 113 Å². The van der Waals surface area contributed by atoms with E-state index in [1.807, 2.05) is 31.3 Å². The number of carbonyl (C=O) groups is 5. The molecule has 1 aromatic carbocycles. The van der Waals surface area contributed by atoms with Crippen LogP contribution in [0.15, 0.2) is 24.3 Å². The van der Waals surface area contributed by atoms with Crippen molar-refractivity contribution in [3.05, 3.63) is 30.0 Å². The highest BCUT2D eigenvalue weighted by Gasteiger charge is 2.13. The smallest absolute Gasteiger partial charge is 0.224 e. The predicted octanol–water partition coefficient (Wildman–Crippen LogP) is -0.282. The Balaban J connectivity index is 1.38. The fourth-order valence-electron chi connectivity index (χ4n) is 6.99. The average Bonchev–Trinajstić information content (AvgIpc) is 3.82. The lowest BCUT2D eigenvalue weighted by Crippen LogP contribution is -2.28. The van der Waals surface area contributed by atoms with Crippen LogP contribution in [0.5, 0.6) is 0 Å². The van der Waals surface area contributed by atoms with Gasteiger partial charge in [0.2, 0.25) is 29.5 Å². The van der Waals surface area contributed by atoms with E-state index >= 15 is 0 Å². The second-order valence-electron chi connectivity index (χ2n) is 17.8.